The van der Waals surface area contributed by atoms with Gasteiger partial charge in [0.05, 0.1) is 18.5 Å². The molecule has 0 aliphatic carbocycles. The summed E-state index contributed by atoms with van der Waals surface area (Å²) < 4.78 is 11.5. The van der Waals surface area contributed by atoms with Gasteiger partial charge >= 0.3 is 6.01 Å². The van der Waals surface area contributed by atoms with Crippen LogP contribution in [0.4, 0.5) is 17.2 Å². The third kappa shape index (κ3) is 4.64. The minimum atomic E-state index is 0.294. The first kappa shape index (κ1) is 21.2. The Morgan fingerprint density at radius 3 is 2.69 bits per heavy atom. The van der Waals surface area contributed by atoms with Crippen molar-refractivity contribution < 1.29 is 9.47 Å². The summed E-state index contributed by atoms with van der Waals surface area (Å²) in [6.45, 7) is 8.28. The van der Waals surface area contributed by atoms with Crippen LogP contribution < -0.4 is 14.8 Å². The van der Waals surface area contributed by atoms with Crippen LogP contribution in [0.15, 0.2) is 53.9 Å². The maximum atomic E-state index is 6.10. The molecule has 1 N–H and O–H groups in total. The number of aromatic nitrogens is 4. The molecule has 0 fully saturated rings. The summed E-state index contributed by atoms with van der Waals surface area (Å²) >= 11 is 0. The van der Waals surface area contributed by atoms with E-state index in [1.54, 1.807) is 12.4 Å². The molecule has 8 heteroatoms. The largest absolute Gasteiger partial charge is 0.464 e. The Kier molecular flexibility index (Phi) is 6.21. The van der Waals surface area contributed by atoms with Gasteiger partial charge in [0.1, 0.15) is 28.9 Å². The van der Waals surface area contributed by atoms with E-state index in [9.17, 15) is 0 Å². The lowest BCUT2D eigenvalue weighted by Crippen LogP contribution is -2.02. The molecular weight excluding hydrogens is 404 g/mol. The molecule has 8 nitrogen and oxygen atoms in total. The van der Waals surface area contributed by atoms with Crippen LogP contribution in [-0.2, 0) is 0 Å². The van der Waals surface area contributed by atoms with Gasteiger partial charge in [-0.05, 0) is 63.1 Å². The van der Waals surface area contributed by atoms with E-state index in [1.807, 2.05) is 64.1 Å². The Morgan fingerprint density at radius 2 is 1.91 bits per heavy atom. The van der Waals surface area contributed by atoms with Crippen LogP contribution in [0.3, 0.4) is 0 Å². The minimum Gasteiger partial charge on any atom is -0.464 e. The molecule has 2 aromatic carbocycles. The summed E-state index contributed by atoms with van der Waals surface area (Å²) in [6.07, 6.45) is 4.88. The van der Waals surface area contributed by atoms with Gasteiger partial charge in [-0.3, -0.25) is 4.99 Å². The van der Waals surface area contributed by atoms with Crippen LogP contribution in [0.1, 0.15) is 25.0 Å². The predicted molar refractivity (Wildman–Crippen MR) is 126 cm³/mol. The normalized spacial score (nSPS) is 11.1. The standard InChI is InChI=1S/C24H24N6O2/c1-5-25-19-12-18(9-7-15(19)3)32-21-10-8-17(11-16(21)4)29-23-22-20(27-14-28-23)13-26-24(30-22)31-6-2/h5,7-14H,6H2,1-4H3,(H,27,28,29)/b25-5-. The number of rotatable bonds is 7. The van der Waals surface area contributed by atoms with E-state index in [1.165, 1.54) is 6.33 Å². The Bertz CT molecular complexity index is 1290. The van der Waals surface area contributed by atoms with E-state index >= 15 is 0 Å². The van der Waals surface area contributed by atoms with Crippen LogP contribution in [0.2, 0.25) is 0 Å². The molecule has 2 aromatic heterocycles. The zero-order chi connectivity index (χ0) is 22.5. The molecule has 0 saturated heterocycles. The SMILES string of the molecule is C/C=N\c1cc(Oc2ccc(Nc3ncnc4cnc(OCC)nc34)cc2C)ccc1C. The van der Waals surface area contributed by atoms with E-state index in [0.29, 0.717) is 29.5 Å². The van der Waals surface area contributed by atoms with E-state index in [2.05, 4.69) is 30.2 Å². The molecule has 4 aromatic rings. The second-order valence-electron chi connectivity index (χ2n) is 7.08. The van der Waals surface area contributed by atoms with Crippen LogP contribution in [0.25, 0.3) is 11.0 Å². The van der Waals surface area contributed by atoms with Crippen molar-refractivity contribution in [1.82, 2.24) is 19.9 Å². The first-order chi connectivity index (χ1) is 15.6. The fraction of sp³-hybridized carbons (Fsp3) is 0.208. The zero-order valence-electron chi connectivity index (χ0n) is 18.5. The molecule has 0 spiro atoms. The van der Waals surface area contributed by atoms with Crippen molar-refractivity contribution in [3.63, 3.8) is 0 Å². The van der Waals surface area contributed by atoms with Crippen molar-refractivity contribution >= 4 is 34.4 Å². The van der Waals surface area contributed by atoms with Gasteiger partial charge in [-0.1, -0.05) is 6.07 Å². The van der Waals surface area contributed by atoms with Crippen molar-refractivity contribution in [2.75, 3.05) is 11.9 Å². The highest BCUT2D eigenvalue weighted by atomic mass is 16.5. The summed E-state index contributed by atoms with van der Waals surface area (Å²) in [5.74, 6) is 2.08. The van der Waals surface area contributed by atoms with E-state index in [4.69, 9.17) is 9.47 Å². The van der Waals surface area contributed by atoms with Crippen LogP contribution in [0.5, 0.6) is 17.5 Å². The van der Waals surface area contributed by atoms with Crippen LogP contribution >= 0.6 is 0 Å². The Hall–Kier alpha value is -4.07. The lowest BCUT2D eigenvalue weighted by atomic mass is 10.2. The molecule has 0 aliphatic heterocycles. The molecular formula is C24H24N6O2. The Labute approximate surface area is 186 Å². The summed E-state index contributed by atoms with van der Waals surface area (Å²) in [5.41, 5.74) is 5.04. The van der Waals surface area contributed by atoms with E-state index < -0.39 is 0 Å². The maximum absolute atomic E-state index is 6.10. The fourth-order valence-electron chi connectivity index (χ4n) is 3.16. The average molecular weight is 428 g/mol. The molecule has 4 rings (SSSR count). The van der Waals surface area contributed by atoms with Gasteiger partial charge in [-0.2, -0.15) is 4.98 Å². The average Bonchev–Trinajstić information content (AvgIpc) is 2.79. The number of nitrogens with zero attached hydrogens (tertiary/aromatic N) is 5. The summed E-state index contributed by atoms with van der Waals surface area (Å²) in [7, 11) is 0. The van der Waals surface area contributed by atoms with Gasteiger partial charge in [0, 0.05) is 18.0 Å². The molecule has 0 unspecified atom stereocenters. The highest BCUT2D eigenvalue weighted by Crippen LogP contribution is 2.32. The minimum absolute atomic E-state index is 0.294. The molecule has 32 heavy (non-hydrogen) atoms. The predicted octanol–water partition coefficient (Wildman–Crippen LogP) is 5.69. The van der Waals surface area contributed by atoms with Crippen molar-refractivity contribution in [3.05, 3.63) is 60.0 Å². The lowest BCUT2D eigenvalue weighted by Gasteiger charge is -2.13. The van der Waals surface area contributed by atoms with Crippen LogP contribution in [-0.4, -0.2) is 32.8 Å². The number of hydrogen-bond acceptors (Lipinski definition) is 8. The highest BCUT2D eigenvalue weighted by Gasteiger charge is 2.10. The van der Waals surface area contributed by atoms with Crippen molar-refractivity contribution in [2.24, 2.45) is 4.99 Å². The first-order valence-corrected chi connectivity index (χ1v) is 10.3. The molecule has 0 saturated carbocycles. The van der Waals surface area contributed by atoms with Crippen molar-refractivity contribution in [2.45, 2.75) is 27.7 Å². The number of aliphatic imine (C=N–C) groups is 1. The molecule has 2 heterocycles. The first-order valence-electron chi connectivity index (χ1n) is 10.3. The Balaban J connectivity index is 1.58. The third-order valence-corrected chi connectivity index (χ3v) is 4.74. The topological polar surface area (TPSA) is 94.4 Å². The summed E-state index contributed by atoms with van der Waals surface area (Å²) in [4.78, 5) is 21.5. The van der Waals surface area contributed by atoms with E-state index in [-0.39, 0.29) is 0 Å². The fourth-order valence-corrected chi connectivity index (χ4v) is 3.16. The monoisotopic (exact) mass is 428 g/mol. The molecule has 0 radical (unpaired) electrons. The molecule has 0 atom stereocenters. The number of ether oxygens (including phenoxy) is 2. The lowest BCUT2D eigenvalue weighted by molar-refractivity contribution is 0.314. The zero-order valence-corrected chi connectivity index (χ0v) is 18.5. The second kappa shape index (κ2) is 9.38. The smallest absolute Gasteiger partial charge is 0.317 e. The van der Waals surface area contributed by atoms with Crippen LogP contribution in [0, 0.1) is 13.8 Å². The van der Waals surface area contributed by atoms with Gasteiger partial charge in [0.2, 0.25) is 0 Å². The highest BCUT2D eigenvalue weighted by molar-refractivity contribution is 5.86. The molecule has 0 bridgehead atoms. The molecule has 162 valence electrons. The van der Waals surface area contributed by atoms with Crippen molar-refractivity contribution in [3.8, 4) is 17.5 Å². The Morgan fingerprint density at radius 1 is 1.03 bits per heavy atom. The number of hydrogen-bond donors (Lipinski definition) is 1. The third-order valence-electron chi connectivity index (χ3n) is 4.74. The van der Waals surface area contributed by atoms with Gasteiger partial charge in [-0.15, -0.1) is 0 Å². The molecule has 0 aliphatic rings. The number of anilines is 2. The quantitative estimate of drug-likeness (QED) is 0.378. The van der Waals surface area contributed by atoms with E-state index in [0.717, 1.165) is 34.0 Å². The van der Waals surface area contributed by atoms with Gasteiger partial charge in [0.25, 0.3) is 0 Å². The van der Waals surface area contributed by atoms with Crippen molar-refractivity contribution in [1.29, 1.82) is 0 Å². The number of nitrogens with one attached hydrogen (secondary N) is 1. The number of aryl methyl sites for hydroxylation is 2. The maximum Gasteiger partial charge on any atom is 0.317 e. The number of fused-ring (bicyclic) bond motifs is 1. The van der Waals surface area contributed by atoms with Gasteiger partial charge < -0.3 is 14.8 Å². The van der Waals surface area contributed by atoms with Gasteiger partial charge in [0.15, 0.2) is 5.82 Å². The summed E-state index contributed by atoms with van der Waals surface area (Å²) in [5, 5.41) is 3.31. The van der Waals surface area contributed by atoms with Gasteiger partial charge in [-0.25, -0.2) is 15.0 Å². The number of benzene rings is 2. The summed E-state index contributed by atoms with van der Waals surface area (Å²) in [6, 6.07) is 12.0. The molecule has 0 amide bonds. The second-order valence-corrected chi connectivity index (χ2v) is 7.08.